The van der Waals surface area contributed by atoms with Crippen molar-refractivity contribution in [2.75, 3.05) is 31.1 Å². The average Bonchev–Trinajstić information content (AvgIpc) is 3.05. The van der Waals surface area contributed by atoms with E-state index in [1.807, 2.05) is 30.3 Å². The van der Waals surface area contributed by atoms with Crippen molar-refractivity contribution in [2.45, 2.75) is 23.9 Å². The summed E-state index contributed by atoms with van der Waals surface area (Å²) < 4.78 is 54.3. The van der Waals surface area contributed by atoms with Crippen LogP contribution in [-0.2, 0) is 32.6 Å². The third kappa shape index (κ3) is 7.55. The fourth-order valence-electron chi connectivity index (χ4n) is 5.00. The van der Waals surface area contributed by atoms with Crippen LogP contribution in [0.5, 0.6) is 11.5 Å². The molecule has 5 rings (SSSR count). The Labute approximate surface area is 266 Å². The highest BCUT2D eigenvalue weighted by Gasteiger charge is 2.35. The molecule has 0 fully saturated rings. The molecule has 0 aliphatic carbocycles. The standard InChI is InChI=1S/C33H31ClFN3O6S/c1-36-33(40)29(19-23-6-3-2-4-7-23)37(21-24-8-5-9-25(34)18-24)32(39)22-38(27-12-10-26(35)11-13-27)45(41,42)28-14-15-30-31(20-28)44-17-16-43-30/h2-15,18,20,29H,16-17,19,21-22H2,1H3,(H,36,40)/t29-/m1/s1. The number of fused-ring (bicyclic) bond motifs is 1. The second-order valence-electron chi connectivity index (χ2n) is 10.3. The van der Waals surface area contributed by atoms with Crippen LogP contribution < -0.4 is 19.1 Å². The molecule has 0 spiro atoms. The van der Waals surface area contributed by atoms with E-state index in [9.17, 15) is 22.4 Å². The highest BCUT2D eigenvalue weighted by Crippen LogP contribution is 2.34. The molecule has 4 aromatic rings. The summed E-state index contributed by atoms with van der Waals surface area (Å²) in [4.78, 5) is 28.9. The number of amides is 2. The van der Waals surface area contributed by atoms with Gasteiger partial charge in [-0.05, 0) is 59.7 Å². The summed E-state index contributed by atoms with van der Waals surface area (Å²) in [5, 5.41) is 3.07. The molecule has 2 amide bonds. The first-order valence-corrected chi connectivity index (χ1v) is 15.9. The summed E-state index contributed by atoms with van der Waals surface area (Å²) in [6.45, 7) is -0.151. The number of halogens is 2. The van der Waals surface area contributed by atoms with Gasteiger partial charge < -0.3 is 19.7 Å². The molecule has 45 heavy (non-hydrogen) atoms. The smallest absolute Gasteiger partial charge is 0.264 e. The fraction of sp³-hybridized carbons (Fsp3) is 0.212. The van der Waals surface area contributed by atoms with Crippen molar-refractivity contribution in [3.8, 4) is 11.5 Å². The summed E-state index contributed by atoms with van der Waals surface area (Å²) >= 11 is 6.24. The lowest BCUT2D eigenvalue weighted by Crippen LogP contribution is -2.53. The molecule has 9 nitrogen and oxygen atoms in total. The molecule has 0 aromatic heterocycles. The van der Waals surface area contributed by atoms with E-state index in [1.54, 1.807) is 24.3 Å². The minimum absolute atomic E-state index is 0.0361. The third-order valence-corrected chi connectivity index (χ3v) is 9.26. The van der Waals surface area contributed by atoms with Crippen molar-refractivity contribution in [1.82, 2.24) is 10.2 Å². The lowest BCUT2D eigenvalue weighted by molar-refractivity contribution is -0.139. The lowest BCUT2D eigenvalue weighted by Gasteiger charge is -2.33. The summed E-state index contributed by atoms with van der Waals surface area (Å²) in [5.41, 5.74) is 1.50. The number of carbonyl (C=O) groups excluding carboxylic acids is 2. The number of anilines is 1. The first kappa shape index (κ1) is 31.8. The Morgan fingerprint density at radius 2 is 1.58 bits per heavy atom. The molecule has 0 saturated carbocycles. The zero-order valence-electron chi connectivity index (χ0n) is 24.4. The Bertz CT molecular complexity index is 1770. The highest BCUT2D eigenvalue weighted by molar-refractivity contribution is 7.92. The number of benzene rings is 4. The van der Waals surface area contributed by atoms with Crippen LogP contribution in [0.4, 0.5) is 10.1 Å². The predicted octanol–water partition coefficient (Wildman–Crippen LogP) is 4.83. The van der Waals surface area contributed by atoms with E-state index in [4.69, 9.17) is 21.1 Å². The van der Waals surface area contributed by atoms with Gasteiger partial charge in [0, 0.05) is 31.1 Å². The fourth-order valence-corrected chi connectivity index (χ4v) is 6.64. The number of hydrogen-bond acceptors (Lipinski definition) is 6. The first-order valence-electron chi connectivity index (χ1n) is 14.1. The van der Waals surface area contributed by atoms with Gasteiger partial charge in [-0.1, -0.05) is 54.1 Å². The molecule has 1 N–H and O–H groups in total. The van der Waals surface area contributed by atoms with Gasteiger partial charge >= 0.3 is 0 Å². The van der Waals surface area contributed by atoms with Crippen molar-refractivity contribution in [3.63, 3.8) is 0 Å². The van der Waals surface area contributed by atoms with Crippen LogP contribution in [0, 0.1) is 5.82 Å². The zero-order chi connectivity index (χ0) is 32.0. The normalized spacial score (nSPS) is 13.0. The van der Waals surface area contributed by atoms with Crippen LogP contribution in [0.1, 0.15) is 11.1 Å². The van der Waals surface area contributed by atoms with Gasteiger partial charge in [-0.25, -0.2) is 12.8 Å². The first-order chi connectivity index (χ1) is 21.7. The summed E-state index contributed by atoms with van der Waals surface area (Å²) in [6, 6.07) is 24.0. The van der Waals surface area contributed by atoms with Crippen LogP contribution >= 0.6 is 11.6 Å². The summed E-state index contributed by atoms with van der Waals surface area (Å²) in [6.07, 6.45) is 0.165. The topological polar surface area (TPSA) is 105 Å². The molecular formula is C33H31ClFN3O6S. The minimum atomic E-state index is -4.41. The molecule has 12 heteroatoms. The monoisotopic (exact) mass is 651 g/mol. The number of sulfonamides is 1. The molecular weight excluding hydrogens is 621 g/mol. The number of rotatable bonds is 11. The maximum atomic E-state index is 14.3. The van der Waals surface area contributed by atoms with Gasteiger partial charge in [0.15, 0.2) is 11.5 Å². The van der Waals surface area contributed by atoms with Gasteiger partial charge in [0.25, 0.3) is 10.0 Å². The Kier molecular flexibility index (Phi) is 9.90. The van der Waals surface area contributed by atoms with Crippen LogP contribution in [0.2, 0.25) is 5.02 Å². The number of nitrogens with zero attached hydrogens (tertiary/aromatic N) is 2. The molecule has 0 bridgehead atoms. The van der Waals surface area contributed by atoms with E-state index in [2.05, 4.69) is 5.32 Å². The quantitative estimate of drug-likeness (QED) is 0.249. The summed E-state index contributed by atoms with van der Waals surface area (Å²) in [7, 11) is -2.94. The van der Waals surface area contributed by atoms with E-state index < -0.39 is 40.2 Å². The zero-order valence-corrected chi connectivity index (χ0v) is 25.9. The van der Waals surface area contributed by atoms with Crippen LogP contribution in [-0.4, -0.2) is 58.0 Å². The maximum absolute atomic E-state index is 14.3. The molecule has 1 aliphatic rings. The van der Waals surface area contributed by atoms with Gasteiger partial charge in [-0.15, -0.1) is 0 Å². The van der Waals surface area contributed by atoms with Crippen LogP contribution in [0.25, 0.3) is 0 Å². The Balaban J connectivity index is 1.56. The molecule has 4 aromatic carbocycles. The van der Waals surface area contributed by atoms with Gasteiger partial charge in [0.05, 0.1) is 10.6 Å². The van der Waals surface area contributed by atoms with Crippen molar-refractivity contribution in [2.24, 2.45) is 0 Å². The van der Waals surface area contributed by atoms with Crippen molar-refractivity contribution in [1.29, 1.82) is 0 Å². The van der Waals surface area contributed by atoms with E-state index >= 15 is 0 Å². The van der Waals surface area contributed by atoms with Gasteiger partial charge in [0.2, 0.25) is 11.8 Å². The van der Waals surface area contributed by atoms with Crippen molar-refractivity contribution < 1.29 is 31.9 Å². The average molecular weight is 652 g/mol. The third-order valence-electron chi connectivity index (χ3n) is 7.25. The molecule has 234 valence electrons. The highest BCUT2D eigenvalue weighted by atomic mass is 35.5. The number of hydrogen-bond donors (Lipinski definition) is 1. The maximum Gasteiger partial charge on any atom is 0.264 e. The second kappa shape index (κ2) is 14.0. The number of carbonyl (C=O) groups is 2. The number of likely N-dealkylation sites (N-methyl/N-ethyl adjacent to an activating group) is 1. The van der Waals surface area contributed by atoms with Crippen molar-refractivity contribution >= 4 is 39.1 Å². The number of nitrogens with one attached hydrogen (secondary N) is 1. The van der Waals surface area contributed by atoms with Crippen LogP contribution in [0.3, 0.4) is 0 Å². The van der Waals surface area contributed by atoms with E-state index in [1.165, 1.54) is 42.3 Å². The Morgan fingerprint density at radius 1 is 0.889 bits per heavy atom. The van der Waals surface area contributed by atoms with E-state index in [-0.39, 0.29) is 35.9 Å². The molecule has 0 unspecified atom stereocenters. The van der Waals surface area contributed by atoms with Gasteiger partial charge in [-0.2, -0.15) is 0 Å². The predicted molar refractivity (Wildman–Crippen MR) is 168 cm³/mol. The van der Waals surface area contributed by atoms with Crippen LogP contribution in [0.15, 0.2) is 102 Å². The lowest BCUT2D eigenvalue weighted by atomic mass is 10.0. The Morgan fingerprint density at radius 3 is 2.27 bits per heavy atom. The molecule has 1 aliphatic heterocycles. The van der Waals surface area contributed by atoms with Gasteiger partial charge in [-0.3, -0.25) is 13.9 Å². The van der Waals surface area contributed by atoms with E-state index in [0.717, 1.165) is 22.0 Å². The van der Waals surface area contributed by atoms with E-state index in [0.29, 0.717) is 22.9 Å². The second-order valence-corrected chi connectivity index (χ2v) is 12.6. The van der Waals surface area contributed by atoms with Crippen molar-refractivity contribution in [3.05, 3.63) is 119 Å². The molecule has 1 heterocycles. The SMILES string of the molecule is CNC(=O)[C@@H](Cc1ccccc1)N(Cc1cccc(Cl)c1)C(=O)CN(c1ccc(F)cc1)S(=O)(=O)c1ccc2c(c1)OCCO2. The molecule has 0 radical (unpaired) electrons. The Hall–Kier alpha value is -4.61. The molecule has 1 atom stereocenters. The summed E-state index contributed by atoms with van der Waals surface area (Å²) in [5.74, 6) is -1.03. The minimum Gasteiger partial charge on any atom is -0.486 e. The molecule has 0 saturated heterocycles. The van der Waals surface area contributed by atoms with Gasteiger partial charge in [0.1, 0.15) is 31.6 Å². The number of ether oxygens (including phenoxy) is 2. The largest absolute Gasteiger partial charge is 0.486 e.